The van der Waals surface area contributed by atoms with Crippen molar-refractivity contribution in [2.45, 2.75) is 0 Å². The molecule has 7 heteroatoms. The molecule has 2 aromatic carbocycles. The maximum atomic E-state index is 12.3. The van der Waals surface area contributed by atoms with Gasteiger partial charge in [-0.1, -0.05) is 28.1 Å². The number of aromatic amines is 1. The number of amides is 1. The van der Waals surface area contributed by atoms with Crippen molar-refractivity contribution < 1.29 is 9.59 Å². The van der Waals surface area contributed by atoms with E-state index in [1.807, 2.05) is 6.07 Å². The molecule has 0 atom stereocenters. The van der Waals surface area contributed by atoms with E-state index in [0.717, 1.165) is 4.47 Å². The third-order valence-electron chi connectivity index (χ3n) is 3.56. The zero-order valence-electron chi connectivity index (χ0n) is 12.8. The van der Waals surface area contributed by atoms with Gasteiger partial charge >= 0.3 is 0 Å². The molecule has 3 rings (SSSR count). The lowest BCUT2D eigenvalue weighted by molar-refractivity contribution is 0.102. The molecule has 2 N–H and O–H groups in total. The summed E-state index contributed by atoms with van der Waals surface area (Å²) in [6, 6.07) is 15.6. The van der Waals surface area contributed by atoms with Crippen LogP contribution in [0.5, 0.6) is 0 Å². The number of aldehydes is 1. The van der Waals surface area contributed by atoms with Gasteiger partial charge in [-0.3, -0.25) is 14.7 Å². The Bertz CT molecular complexity index is 970. The van der Waals surface area contributed by atoms with Crippen LogP contribution in [0.15, 0.2) is 53.0 Å². The van der Waals surface area contributed by atoms with Gasteiger partial charge in [-0.05, 0) is 36.4 Å². The molecule has 1 amide bonds. The van der Waals surface area contributed by atoms with Crippen molar-refractivity contribution in [3.05, 3.63) is 69.7 Å². The fourth-order valence-corrected chi connectivity index (χ4v) is 2.54. The second-order valence-corrected chi connectivity index (χ2v) is 6.04. The molecule has 0 saturated heterocycles. The highest BCUT2D eigenvalue weighted by atomic mass is 79.9. The number of H-pyrrole nitrogens is 1. The monoisotopic (exact) mass is 394 g/mol. The maximum absolute atomic E-state index is 12.3. The van der Waals surface area contributed by atoms with E-state index < -0.39 is 0 Å². The summed E-state index contributed by atoms with van der Waals surface area (Å²) in [4.78, 5) is 23.8. The molecular weight excluding hydrogens is 384 g/mol. The van der Waals surface area contributed by atoms with Gasteiger partial charge in [0, 0.05) is 15.6 Å². The van der Waals surface area contributed by atoms with Gasteiger partial charge in [-0.25, -0.2) is 0 Å². The Morgan fingerprint density at radius 3 is 2.44 bits per heavy atom. The molecule has 0 spiro atoms. The van der Waals surface area contributed by atoms with Crippen LogP contribution in [-0.2, 0) is 0 Å². The molecule has 0 saturated carbocycles. The number of hydrogen-bond donors (Lipinski definition) is 2. The van der Waals surface area contributed by atoms with Crippen molar-refractivity contribution >= 4 is 33.9 Å². The van der Waals surface area contributed by atoms with E-state index in [1.54, 1.807) is 48.5 Å². The van der Waals surface area contributed by atoms with Gasteiger partial charge in [0.05, 0.1) is 22.9 Å². The molecule has 1 heterocycles. The zero-order chi connectivity index (χ0) is 17.8. The van der Waals surface area contributed by atoms with Crippen molar-refractivity contribution in [1.82, 2.24) is 10.2 Å². The number of nitrogens with one attached hydrogen (secondary N) is 2. The lowest BCUT2D eigenvalue weighted by atomic mass is 10.1. The SMILES string of the molecule is N#Cc1ccc(-c2[nH]nc(NC(=O)c3ccc(Br)cc3)c2C=O)cc1. The minimum atomic E-state index is -0.367. The average Bonchev–Trinajstić information content (AvgIpc) is 3.04. The fraction of sp³-hybridized carbons (Fsp3) is 0. The van der Waals surface area contributed by atoms with E-state index in [9.17, 15) is 9.59 Å². The number of anilines is 1. The van der Waals surface area contributed by atoms with Gasteiger partial charge in [0.15, 0.2) is 12.1 Å². The summed E-state index contributed by atoms with van der Waals surface area (Å²) in [6.45, 7) is 0. The first-order valence-corrected chi connectivity index (χ1v) is 8.02. The second kappa shape index (κ2) is 7.11. The third kappa shape index (κ3) is 3.49. The Kier molecular flexibility index (Phi) is 4.73. The summed E-state index contributed by atoms with van der Waals surface area (Å²) in [5.41, 5.74) is 2.38. The van der Waals surface area contributed by atoms with Crippen molar-refractivity contribution in [3.63, 3.8) is 0 Å². The summed E-state index contributed by atoms with van der Waals surface area (Å²) < 4.78 is 0.862. The van der Waals surface area contributed by atoms with E-state index in [1.165, 1.54) is 0 Å². The lowest BCUT2D eigenvalue weighted by Gasteiger charge is -2.04. The number of nitrogens with zero attached hydrogens (tertiary/aromatic N) is 2. The number of benzene rings is 2. The minimum Gasteiger partial charge on any atom is -0.304 e. The second-order valence-electron chi connectivity index (χ2n) is 5.13. The van der Waals surface area contributed by atoms with Crippen molar-refractivity contribution in [2.75, 3.05) is 5.32 Å². The van der Waals surface area contributed by atoms with Crippen LogP contribution in [0.4, 0.5) is 5.82 Å². The predicted molar refractivity (Wildman–Crippen MR) is 96.2 cm³/mol. The highest BCUT2D eigenvalue weighted by Crippen LogP contribution is 2.26. The number of aromatic nitrogens is 2. The lowest BCUT2D eigenvalue weighted by Crippen LogP contribution is -2.13. The smallest absolute Gasteiger partial charge is 0.256 e. The number of carbonyl (C=O) groups excluding carboxylic acids is 2. The van der Waals surface area contributed by atoms with Crippen LogP contribution in [-0.4, -0.2) is 22.4 Å². The normalized spacial score (nSPS) is 10.1. The summed E-state index contributed by atoms with van der Waals surface area (Å²) >= 11 is 3.31. The van der Waals surface area contributed by atoms with Crippen LogP contribution in [0.2, 0.25) is 0 Å². The Morgan fingerprint density at radius 2 is 1.84 bits per heavy atom. The molecule has 0 bridgehead atoms. The molecule has 122 valence electrons. The van der Waals surface area contributed by atoms with E-state index in [2.05, 4.69) is 31.4 Å². The van der Waals surface area contributed by atoms with Gasteiger partial charge in [0.25, 0.3) is 5.91 Å². The molecule has 0 aliphatic heterocycles. The summed E-state index contributed by atoms with van der Waals surface area (Å²) in [7, 11) is 0. The van der Waals surface area contributed by atoms with Crippen LogP contribution < -0.4 is 5.32 Å². The topological polar surface area (TPSA) is 98.6 Å². The van der Waals surface area contributed by atoms with Crippen LogP contribution in [0.25, 0.3) is 11.3 Å². The first-order valence-electron chi connectivity index (χ1n) is 7.23. The van der Waals surface area contributed by atoms with Gasteiger partial charge in [0.2, 0.25) is 0 Å². The predicted octanol–water partition coefficient (Wildman–Crippen LogP) is 3.78. The number of halogens is 1. The average molecular weight is 395 g/mol. The number of nitriles is 1. The largest absolute Gasteiger partial charge is 0.304 e. The van der Waals surface area contributed by atoms with Crippen LogP contribution >= 0.6 is 15.9 Å². The van der Waals surface area contributed by atoms with Crippen LogP contribution in [0, 0.1) is 11.3 Å². The first-order chi connectivity index (χ1) is 12.1. The highest BCUT2D eigenvalue weighted by molar-refractivity contribution is 9.10. The molecule has 3 aromatic rings. The summed E-state index contributed by atoms with van der Waals surface area (Å²) in [6.07, 6.45) is 0.633. The van der Waals surface area contributed by atoms with Crippen molar-refractivity contribution in [1.29, 1.82) is 5.26 Å². The molecular formula is C18H11BrN4O2. The van der Waals surface area contributed by atoms with Gasteiger partial charge in [0.1, 0.15) is 0 Å². The van der Waals surface area contributed by atoms with E-state index in [0.29, 0.717) is 28.7 Å². The van der Waals surface area contributed by atoms with E-state index in [-0.39, 0.29) is 17.3 Å². The molecule has 0 unspecified atom stereocenters. The molecule has 0 aliphatic carbocycles. The number of rotatable bonds is 4. The molecule has 0 radical (unpaired) electrons. The highest BCUT2D eigenvalue weighted by Gasteiger charge is 2.17. The van der Waals surface area contributed by atoms with E-state index >= 15 is 0 Å². The van der Waals surface area contributed by atoms with E-state index in [4.69, 9.17) is 5.26 Å². The Balaban J connectivity index is 1.89. The fourth-order valence-electron chi connectivity index (χ4n) is 2.27. The third-order valence-corrected chi connectivity index (χ3v) is 4.09. The van der Waals surface area contributed by atoms with Crippen LogP contribution in [0.3, 0.4) is 0 Å². The summed E-state index contributed by atoms with van der Waals surface area (Å²) in [5, 5.41) is 18.3. The van der Waals surface area contributed by atoms with Crippen molar-refractivity contribution in [2.24, 2.45) is 0 Å². The Hall–Kier alpha value is -3.24. The van der Waals surface area contributed by atoms with Crippen molar-refractivity contribution in [3.8, 4) is 17.3 Å². The Morgan fingerprint density at radius 1 is 1.16 bits per heavy atom. The van der Waals surface area contributed by atoms with Crippen LogP contribution in [0.1, 0.15) is 26.3 Å². The Labute approximate surface area is 151 Å². The van der Waals surface area contributed by atoms with Gasteiger partial charge < -0.3 is 5.32 Å². The molecule has 1 aromatic heterocycles. The molecule has 6 nitrogen and oxygen atoms in total. The quantitative estimate of drug-likeness (QED) is 0.657. The standard InChI is InChI=1S/C18H11BrN4O2/c19-14-7-5-13(6-8-14)18(25)21-17-15(10-24)16(22-23-17)12-3-1-11(9-20)2-4-12/h1-8,10H,(H2,21,22,23,25). The number of hydrogen-bond acceptors (Lipinski definition) is 4. The summed E-state index contributed by atoms with van der Waals surface area (Å²) in [5.74, 6) is -0.212. The number of carbonyl (C=O) groups is 2. The molecule has 0 fully saturated rings. The van der Waals surface area contributed by atoms with Gasteiger partial charge in [-0.2, -0.15) is 10.4 Å². The molecule has 0 aliphatic rings. The van der Waals surface area contributed by atoms with Gasteiger partial charge in [-0.15, -0.1) is 0 Å². The zero-order valence-corrected chi connectivity index (χ0v) is 14.4. The molecule has 25 heavy (non-hydrogen) atoms. The maximum Gasteiger partial charge on any atom is 0.256 e. The minimum absolute atomic E-state index is 0.155. The first kappa shape index (κ1) is 16.6.